The van der Waals surface area contributed by atoms with Crippen LogP contribution >= 0.6 is 0 Å². The van der Waals surface area contributed by atoms with E-state index in [0.29, 0.717) is 0 Å². The smallest absolute Gasteiger partial charge is 0.303 e. The zero-order valence-corrected chi connectivity index (χ0v) is 15.0. The van der Waals surface area contributed by atoms with Crippen LogP contribution in [0.4, 0.5) is 0 Å². The van der Waals surface area contributed by atoms with Crippen LogP contribution in [0.1, 0.15) is 50.5 Å². The van der Waals surface area contributed by atoms with Gasteiger partial charge >= 0.3 is 5.97 Å². The second-order valence-corrected chi connectivity index (χ2v) is 5.90. The largest absolute Gasteiger partial charge is 0.481 e. The normalized spacial score (nSPS) is 12.2. The van der Waals surface area contributed by atoms with Crippen molar-refractivity contribution < 1.29 is 9.90 Å². The molecule has 1 N–H and O–H groups in total. The van der Waals surface area contributed by atoms with Crippen LogP contribution in [0.2, 0.25) is 0 Å². The SMILES string of the molecule is O=C(O)CCC/C=C\C/C=C\C/C=C\C/C=C\CCc1ccccc1. The standard InChI is InChI=1S/C23H30O2/c24-23(25)21-17-12-10-8-6-4-2-1-3-5-7-9-11-14-18-22-19-15-13-16-20-22/h2-5,8-11,13,15-16,19-20H,1,6-7,12,14,17-18,21H2,(H,24,25)/b4-2-,5-3-,10-8-,11-9-. The summed E-state index contributed by atoms with van der Waals surface area (Å²) in [6.45, 7) is 0. The third-order valence-corrected chi connectivity index (χ3v) is 3.69. The molecule has 2 nitrogen and oxygen atoms in total. The molecular formula is C23H30O2. The molecule has 0 aliphatic heterocycles. The van der Waals surface area contributed by atoms with Crippen LogP contribution in [-0.2, 0) is 11.2 Å². The summed E-state index contributed by atoms with van der Waals surface area (Å²) >= 11 is 0. The highest BCUT2D eigenvalue weighted by Crippen LogP contribution is 2.03. The van der Waals surface area contributed by atoms with E-state index in [1.54, 1.807) is 0 Å². The zero-order chi connectivity index (χ0) is 18.0. The summed E-state index contributed by atoms with van der Waals surface area (Å²) in [7, 11) is 0. The van der Waals surface area contributed by atoms with Gasteiger partial charge in [-0.15, -0.1) is 0 Å². The molecule has 0 atom stereocenters. The minimum absolute atomic E-state index is 0.256. The Morgan fingerprint density at radius 3 is 1.84 bits per heavy atom. The van der Waals surface area contributed by atoms with Gasteiger partial charge in [-0.05, 0) is 50.5 Å². The number of benzene rings is 1. The molecule has 25 heavy (non-hydrogen) atoms. The summed E-state index contributed by atoms with van der Waals surface area (Å²) in [6, 6.07) is 10.6. The van der Waals surface area contributed by atoms with Gasteiger partial charge in [-0.3, -0.25) is 4.79 Å². The highest BCUT2D eigenvalue weighted by molar-refractivity contribution is 5.66. The molecule has 0 aromatic heterocycles. The molecule has 1 aromatic carbocycles. The van der Waals surface area contributed by atoms with Gasteiger partial charge in [-0.1, -0.05) is 78.9 Å². The molecule has 0 saturated carbocycles. The first-order valence-corrected chi connectivity index (χ1v) is 9.14. The van der Waals surface area contributed by atoms with Crippen molar-refractivity contribution in [2.24, 2.45) is 0 Å². The van der Waals surface area contributed by atoms with E-state index in [2.05, 4.69) is 78.9 Å². The summed E-state index contributed by atoms with van der Waals surface area (Å²) in [4.78, 5) is 10.3. The number of carbonyl (C=O) groups is 1. The number of carboxylic acid groups (broad SMARTS) is 1. The van der Waals surface area contributed by atoms with Gasteiger partial charge in [0.15, 0.2) is 0 Å². The molecule has 134 valence electrons. The third-order valence-electron chi connectivity index (χ3n) is 3.69. The summed E-state index contributed by atoms with van der Waals surface area (Å²) in [5.74, 6) is -0.717. The molecule has 0 aliphatic carbocycles. The molecule has 0 unspecified atom stereocenters. The second kappa shape index (κ2) is 15.2. The Balaban J connectivity index is 1.96. The molecule has 2 heteroatoms. The van der Waals surface area contributed by atoms with E-state index >= 15 is 0 Å². The number of allylic oxidation sites excluding steroid dienone is 8. The van der Waals surface area contributed by atoms with E-state index in [0.717, 1.165) is 44.9 Å². The Kier molecular flexibility index (Phi) is 12.6. The number of aryl methyl sites for hydroxylation is 1. The van der Waals surface area contributed by atoms with E-state index in [1.807, 2.05) is 0 Å². The van der Waals surface area contributed by atoms with Gasteiger partial charge in [0.25, 0.3) is 0 Å². The maximum absolute atomic E-state index is 10.3. The second-order valence-electron chi connectivity index (χ2n) is 5.90. The number of aliphatic carboxylic acids is 1. The number of rotatable bonds is 13. The van der Waals surface area contributed by atoms with Crippen LogP contribution in [0.25, 0.3) is 0 Å². The topological polar surface area (TPSA) is 37.3 Å². The van der Waals surface area contributed by atoms with Gasteiger partial charge in [-0.25, -0.2) is 0 Å². The fraction of sp³-hybridized carbons (Fsp3) is 0.348. The summed E-state index contributed by atoms with van der Waals surface area (Å²) in [6.07, 6.45) is 24.2. The van der Waals surface area contributed by atoms with Gasteiger partial charge in [0.05, 0.1) is 0 Å². The lowest BCUT2D eigenvalue weighted by Crippen LogP contribution is -1.92. The minimum Gasteiger partial charge on any atom is -0.481 e. The Morgan fingerprint density at radius 1 is 0.760 bits per heavy atom. The van der Waals surface area contributed by atoms with Crippen LogP contribution in [0.5, 0.6) is 0 Å². The average molecular weight is 338 g/mol. The average Bonchev–Trinajstić information content (AvgIpc) is 2.62. The fourth-order valence-corrected chi connectivity index (χ4v) is 2.31. The molecule has 1 aromatic rings. The highest BCUT2D eigenvalue weighted by Gasteiger charge is 1.92. The first-order chi connectivity index (χ1) is 12.3. The fourth-order valence-electron chi connectivity index (χ4n) is 2.31. The summed E-state index contributed by atoms with van der Waals surface area (Å²) in [5.41, 5.74) is 1.39. The van der Waals surface area contributed by atoms with E-state index in [9.17, 15) is 4.79 Å². The molecule has 0 aliphatic rings. The summed E-state index contributed by atoms with van der Waals surface area (Å²) in [5, 5.41) is 8.52. The van der Waals surface area contributed by atoms with Crippen molar-refractivity contribution in [2.45, 2.75) is 51.4 Å². The maximum atomic E-state index is 10.3. The molecular weight excluding hydrogens is 308 g/mol. The van der Waals surface area contributed by atoms with E-state index in [-0.39, 0.29) is 6.42 Å². The molecule has 0 amide bonds. The van der Waals surface area contributed by atoms with Gasteiger partial charge in [0, 0.05) is 6.42 Å². The lowest BCUT2D eigenvalue weighted by atomic mass is 10.1. The number of hydrogen-bond donors (Lipinski definition) is 1. The quantitative estimate of drug-likeness (QED) is 0.340. The Morgan fingerprint density at radius 2 is 1.28 bits per heavy atom. The van der Waals surface area contributed by atoms with Crippen LogP contribution in [0.3, 0.4) is 0 Å². The van der Waals surface area contributed by atoms with Crippen molar-refractivity contribution in [3.63, 3.8) is 0 Å². The van der Waals surface area contributed by atoms with Gasteiger partial charge in [0.2, 0.25) is 0 Å². The molecule has 0 saturated heterocycles. The maximum Gasteiger partial charge on any atom is 0.303 e. The van der Waals surface area contributed by atoms with Crippen LogP contribution < -0.4 is 0 Å². The van der Waals surface area contributed by atoms with Crippen molar-refractivity contribution in [1.29, 1.82) is 0 Å². The molecule has 0 spiro atoms. The van der Waals surface area contributed by atoms with Crippen molar-refractivity contribution in [1.82, 2.24) is 0 Å². The van der Waals surface area contributed by atoms with Crippen LogP contribution in [-0.4, -0.2) is 11.1 Å². The van der Waals surface area contributed by atoms with E-state index < -0.39 is 5.97 Å². The molecule has 0 bridgehead atoms. The first-order valence-electron chi connectivity index (χ1n) is 9.14. The van der Waals surface area contributed by atoms with E-state index in [1.165, 1.54) is 5.56 Å². The third kappa shape index (κ3) is 13.8. The number of unbranched alkanes of at least 4 members (excludes halogenated alkanes) is 1. The highest BCUT2D eigenvalue weighted by atomic mass is 16.4. The predicted octanol–water partition coefficient (Wildman–Crippen LogP) is 6.27. The van der Waals surface area contributed by atoms with Gasteiger partial charge in [-0.2, -0.15) is 0 Å². The Hall–Kier alpha value is -2.35. The van der Waals surface area contributed by atoms with Crippen LogP contribution in [0.15, 0.2) is 78.9 Å². The summed E-state index contributed by atoms with van der Waals surface area (Å²) < 4.78 is 0. The predicted molar refractivity (Wildman–Crippen MR) is 107 cm³/mol. The number of hydrogen-bond acceptors (Lipinski definition) is 1. The molecule has 1 rings (SSSR count). The van der Waals surface area contributed by atoms with Crippen molar-refractivity contribution in [3.8, 4) is 0 Å². The molecule has 0 heterocycles. The van der Waals surface area contributed by atoms with Crippen molar-refractivity contribution in [3.05, 3.63) is 84.5 Å². The van der Waals surface area contributed by atoms with Crippen molar-refractivity contribution >= 4 is 5.97 Å². The lowest BCUT2D eigenvalue weighted by Gasteiger charge is -1.95. The van der Waals surface area contributed by atoms with Gasteiger partial charge in [0.1, 0.15) is 0 Å². The monoisotopic (exact) mass is 338 g/mol. The van der Waals surface area contributed by atoms with E-state index in [4.69, 9.17) is 5.11 Å². The van der Waals surface area contributed by atoms with Gasteiger partial charge < -0.3 is 5.11 Å². The first kappa shape index (κ1) is 20.7. The zero-order valence-electron chi connectivity index (χ0n) is 15.0. The lowest BCUT2D eigenvalue weighted by molar-refractivity contribution is -0.137. The molecule has 0 fully saturated rings. The number of carboxylic acids is 1. The minimum atomic E-state index is -0.717. The Labute approximate surface area is 152 Å². The molecule has 0 radical (unpaired) electrons. The Bertz CT molecular complexity index is 565. The van der Waals surface area contributed by atoms with Crippen LogP contribution in [0, 0.1) is 0 Å². The van der Waals surface area contributed by atoms with Crippen molar-refractivity contribution in [2.75, 3.05) is 0 Å².